The lowest BCUT2D eigenvalue weighted by atomic mass is 10.1. The van der Waals surface area contributed by atoms with Crippen LogP contribution in [0.3, 0.4) is 0 Å². The van der Waals surface area contributed by atoms with Crippen LogP contribution in [0.4, 0.5) is 0 Å². The van der Waals surface area contributed by atoms with E-state index in [9.17, 15) is 15.3 Å². The van der Waals surface area contributed by atoms with Gasteiger partial charge >= 0.3 is 0 Å². The molecule has 0 saturated carbocycles. The lowest BCUT2D eigenvalue weighted by molar-refractivity contribution is -0.0703. The van der Waals surface area contributed by atoms with Gasteiger partial charge in [0.05, 0.1) is 12.9 Å². The van der Waals surface area contributed by atoms with Crippen molar-refractivity contribution in [3.05, 3.63) is 12.3 Å². The predicted molar refractivity (Wildman–Crippen MR) is 94.7 cm³/mol. The minimum absolute atomic E-state index is 0.0529. The molecule has 1 fully saturated rings. The molecule has 0 spiro atoms. The molecule has 0 bridgehead atoms. The van der Waals surface area contributed by atoms with Crippen LogP contribution in [0.2, 0.25) is 0 Å². The lowest BCUT2D eigenvalue weighted by Crippen LogP contribution is -2.40. The van der Waals surface area contributed by atoms with Crippen LogP contribution < -0.4 is 0 Å². The van der Waals surface area contributed by atoms with E-state index in [1.807, 2.05) is 6.08 Å². The Balaban J connectivity index is 1.89. The lowest BCUT2D eigenvalue weighted by Gasteiger charge is -2.20. The molecule has 1 saturated heterocycles. The van der Waals surface area contributed by atoms with Crippen molar-refractivity contribution in [2.45, 2.75) is 95.5 Å². The van der Waals surface area contributed by atoms with Gasteiger partial charge in [0, 0.05) is 0 Å². The maximum absolute atomic E-state index is 9.86. The first kappa shape index (κ1) is 21.4. The Hall–Kier alpha value is -0.620. The Morgan fingerprint density at radius 2 is 1.67 bits per heavy atom. The van der Waals surface area contributed by atoms with Crippen molar-refractivity contribution in [3.63, 3.8) is 0 Å². The van der Waals surface area contributed by atoms with Gasteiger partial charge in [0.1, 0.15) is 31.0 Å². The molecule has 0 unspecified atom stereocenters. The Morgan fingerprint density at radius 3 is 2.25 bits per heavy atom. The third-order valence-corrected chi connectivity index (χ3v) is 4.50. The Labute approximate surface area is 146 Å². The maximum atomic E-state index is 9.86. The summed E-state index contributed by atoms with van der Waals surface area (Å²) < 4.78 is 10.4. The number of rotatable bonds is 14. The Morgan fingerprint density at radius 1 is 1.04 bits per heavy atom. The molecule has 3 N–H and O–H groups in total. The Bertz CT molecular complexity index is 321. The third kappa shape index (κ3) is 9.02. The van der Waals surface area contributed by atoms with Crippen LogP contribution in [0.1, 0.15) is 71.1 Å². The molecule has 1 aliphatic rings. The number of aliphatic hydroxyl groups excluding tert-OH is 3. The largest absolute Gasteiger partial charge is 0.499 e. The summed E-state index contributed by atoms with van der Waals surface area (Å²) in [5.74, 6) is 0. The van der Waals surface area contributed by atoms with Crippen molar-refractivity contribution in [2.75, 3.05) is 13.2 Å². The second kappa shape index (κ2) is 13.6. The van der Waals surface area contributed by atoms with Crippen LogP contribution in [0.25, 0.3) is 0 Å². The van der Waals surface area contributed by atoms with Gasteiger partial charge in [-0.3, -0.25) is 0 Å². The van der Waals surface area contributed by atoms with Crippen molar-refractivity contribution in [3.8, 4) is 0 Å². The van der Waals surface area contributed by atoms with E-state index in [4.69, 9.17) is 9.47 Å². The van der Waals surface area contributed by atoms with Crippen LogP contribution in [-0.4, -0.2) is 52.9 Å². The molecule has 0 aromatic rings. The molecule has 5 heteroatoms. The smallest absolute Gasteiger partial charge is 0.117 e. The first-order valence-electron chi connectivity index (χ1n) is 9.59. The molecule has 0 radical (unpaired) electrons. The quantitative estimate of drug-likeness (QED) is 0.333. The number of hydrogen-bond acceptors (Lipinski definition) is 5. The maximum Gasteiger partial charge on any atom is 0.117 e. The molecule has 4 atom stereocenters. The normalized spacial score (nSPS) is 25.4. The van der Waals surface area contributed by atoms with Gasteiger partial charge in [-0.1, -0.05) is 58.3 Å². The highest BCUT2D eigenvalue weighted by Gasteiger charge is 2.39. The fraction of sp³-hybridized carbons (Fsp3) is 0.895. The average Bonchev–Trinajstić information content (AvgIpc) is 2.91. The number of ether oxygens (including phenoxy) is 2. The highest BCUT2D eigenvalue weighted by atomic mass is 16.5. The molecular weight excluding hydrogens is 308 g/mol. The minimum atomic E-state index is -1.05. The summed E-state index contributed by atoms with van der Waals surface area (Å²) in [5.41, 5.74) is 0. The van der Waals surface area contributed by atoms with Crippen molar-refractivity contribution in [1.82, 2.24) is 0 Å². The van der Waals surface area contributed by atoms with E-state index in [1.165, 1.54) is 51.4 Å². The van der Waals surface area contributed by atoms with Gasteiger partial charge < -0.3 is 24.8 Å². The fourth-order valence-electron chi connectivity index (χ4n) is 2.92. The second-order valence-electron chi connectivity index (χ2n) is 6.75. The van der Waals surface area contributed by atoms with E-state index < -0.39 is 24.4 Å². The summed E-state index contributed by atoms with van der Waals surface area (Å²) in [6.45, 7) is 2.36. The van der Waals surface area contributed by atoms with Crippen LogP contribution in [0, 0.1) is 0 Å². The van der Waals surface area contributed by atoms with Gasteiger partial charge in [-0.25, -0.2) is 0 Å². The van der Waals surface area contributed by atoms with Crippen LogP contribution in [0.5, 0.6) is 0 Å². The third-order valence-electron chi connectivity index (χ3n) is 4.50. The number of aliphatic hydroxyl groups is 3. The predicted octanol–water partition coefficient (Wildman–Crippen LogP) is 2.92. The van der Waals surface area contributed by atoms with Crippen molar-refractivity contribution in [2.24, 2.45) is 0 Å². The minimum Gasteiger partial charge on any atom is -0.499 e. The molecule has 5 nitrogen and oxygen atoms in total. The highest BCUT2D eigenvalue weighted by Crippen LogP contribution is 2.17. The van der Waals surface area contributed by atoms with Gasteiger partial charge in [0.15, 0.2) is 0 Å². The molecule has 0 aromatic heterocycles. The van der Waals surface area contributed by atoms with E-state index >= 15 is 0 Å². The standard InChI is InChI=1S/C19H36O5/c1-2-3-4-5-6-7-8-9-10-11-12-13-23-14-17(21)19-18(22)16(20)15-24-19/h12-13,16-22H,2-11,14-15H2,1H3/b13-12+/t16-,17+,18-,19-/m0/s1. The zero-order chi connectivity index (χ0) is 17.6. The number of hydrogen-bond donors (Lipinski definition) is 3. The van der Waals surface area contributed by atoms with Gasteiger partial charge in [-0.2, -0.15) is 0 Å². The van der Waals surface area contributed by atoms with Gasteiger partial charge in [-0.05, 0) is 18.9 Å². The Kier molecular flexibility index (Phi) is 12.2. The summed E-state index contributed by atoms with van der Waals surface area (Å²) in [5, 5.41) is 28.8. The summed E-state index contributed by atoms with van der Waals surface area (Å²) >= 11 is 0. The van der Waals surface area contributed by atoms with Crippen molar-refractivity contribution >= 4 is 0 Å². The van der Waals surface area contributed by atoms with Crippen molar-refractivity contribution < 1.29 is 24.8 Å². The molecule has 142 valence electrons. The number of allylic oxidation sites excluding steroid dienone is 1. The van der Waals surface area contributed by atoms with E-state index in [1.54, 1.807) is 6.26 Å². The molecule has 1 heterocycles. The van der Waals surface area contributed by atoms with E-state index in [0.717, 1.165) is 12.8 Å². The topological polar surface area (TPSA) is 79.2 Å². The monoisotopic (exact) mass is 344 g/mol. The van der Waals surface area contributed by atoms with Crippen LogP contribution in [-0.2, 0) is 9.47 Å². The number of unbranched alkanes of at least 4 members (excludes halogenated alkanes) is 9. The van der Waals surface area contributed by atoms with Gasteiger partial charge in [-0.15, -0.1) is 0 Å². The van der Waals surface area contributed by atoms with Crippen LogP contribution in [0.15, 0.2) is 12.3 Å². The van der Waals surface area contributed by atoms with E-state index in [0.29, 0.717) is 0 Å². The summed E-state index contributed by atoms with van der Waals surface area (Å²) in [6.07, 6.45) is 12.7. The highest BCUT2D eigenvalue weighted by molar-refractivity contribution is 4.88. The molecule has 1 rings (SSSR count). The first-order chi connectivity index (χ1) is 11.7. The molecule has 1 aliphatic heterocycles. The van der Waals surface area contributed by atoms with Gasteiger partial charge in [0.25, 0.3) is 0 Å². The van der Waals surface area contributed by atoms with Crippen molar-refractivity contribution in [1.29, 1.82) is 0 Å². The molecular formula is C19H36O5. The molecule has 24 heavy (non-hydrogen) atoms. The first-order valence-corrected chi connectivity index (χ1v) is 9.59. The second-order valence-corrected chi connectivity index (χ2v) is 6.75. The summed E-state index contributed by atoms with van der Waals surface area (Å²) in [6, 6.07) is 0. The zero-order valence-electron chi connectivity index (χ0n) is 15.1. The van der Waals surface area contributed by atoms with Crippen LogP contribution >= 0.6 is 0 Å². The molecule has 0 aromatic carbocycles. The fourth-order valence-corrected chi connectivity index (χ4v) is 2.92. The van der Waals surface area contributed by atoms with E-state index in [2.05, 4.69) is 6.92 Å². The zero-order valence-corrected chi connectivity index (χ0v) is 15.1. The summed E-state index contributed by atoms with van der Waals surface area (Å²) in [7, 11) is 0. The average molecular weight is 344 g/mol. The summed E-state index contributed by atoms with van der Waals surface area (Å²) in [4.78, 5) is 0. The molecule has 0 aliphatic carbocycles. The SMILES string of the molecule is CCCCCCCCCCC/C=C/OC[C@@H](O)[C@@H]1OC[C@H](O)[C@@H]1O. The molecule has 0 amide bonds. The van der Waals surface area contributed by atoms with Gasteiger partial charge in [0.2, 0.25) is 0 Å². The van der Waals surface area contributed by atoms with E-state index in [-0.39, 0.29) is 13.2 Å².